The highest BCUT2D eigenvalue weighted by molar-refractivity contribution is 6.30. The molecule has 1 heterocycles. The summed E-state index contributed by atoms with van der Waals surface area (Å²) in [6.07, 6.45) is 3.41. The van der Waals surface area contributed by atoms with Gasteiger partial charge in [0.1, 0.15) is 0 Å². The Balaban J connectivity index is 1.84. The summed E-state index contributed by atoms with van der Waals surface area (Å²) < 4.78 is 0. The molecule has 0 radical (unpaired) electrons. The number of aromatic nitrogens is 1. The van der Waals surface area contributed by atoms with Crippen LogP contribution in [0.2, 0.25) is 5.02 Å². The fourth-order valence-corrected chi connectivity index (χ4v) is 4.99. The summed E-state index contributed by atoms with van der Waals surface area (Å²) in [4.78, 5) is 42.7. The molecule has 1 saturated carbocycles. The largest absolute Gasteiger partial charge is 0.366 e. The maximum absolute atomic E-state index is 13.1. The Hall–Kier alpha value is -2.97. The fraction of sp³-hybridized carbons (Fsp3) is 0.417. The van der Waals surface area contributed by atoms with Gasteiger partial charge in [0, 0.05) is 37.2 Å². The molecule has 5 N–H and O–H groups in total. The van der Waals surface area contributed by atoms with E-state index in [9.17, 15) is 14.4 Å². The first kappa shape index (κ1) is 24.7. The highest BCUT2D eigenvalue weighted by Crippen LogP contribution is 2.41. The normalized spacial score (nSPS) is 22.4. The average Bonchev–Trinajstić information content (AvgIpc) is 2.78. The number of carbonyl (C=O) groups excluding carboxylic acids is 3. The number of pyridine rings is 1. The van der Waals surface area contributed by atoms with Crippen molar-refractivity contribution in [2.45, 2.75) is 50.1 Å². The zero-order valence-corrected chi connectivity index (χ0v) is 19.6. The molecule has 1 aromatic carbocycles. The number of nitrogens with zero attached hydrogens (tertiary/aromatic N) is 2. The smallest absolute Gasteiger partial charge is 0.250 e. The van der Waals surface area contributed by atoms with Crippen LogP contribution in [0.25, 0.3) is 0 Å². The second-order valence-electron chi connectivity index (χ2n) is 8.66. The minimum atomic E-state index is -0.628. The maximum Gasteiger partial charge on any atom is 0.250 e. The molecule has 3 atom stereocenters. The van der Waals surface area contributed by atoms with Crippen LogP contribution in [0.5, 0.6) is 0 Å². The number of likely N-dealkylation sites (N-methyl/N-ethyl adjacent to an activating group) is 1. The van der Waals surface area contributed by atoms with E-state index in [4.69, 9.17) is 23.1 Å². The number of hydrogen-bond acceptors (Lipinski definition) is 5. The van der Waals surface area contributed by atoms with Crippen molar-refractivity contribution in [3.8, 4) is 0 Å². The van der Waals surface area contributed by atoms with E-state index in [0.29, 0.717) is 30.1 Å². The lowest BCUT2D eigenvalue weighted by atomic mass is 9.66. The summed E-state index contributed by atoms with van der Waals surface area (Å²) in [5, 5.41) is 3.65. The predicted molar refractivity (Wildman–Crippen MR) is 127 cm³/mol. The van der Waals surface area contributed by atoms with Gasteiger partial charge >= 0.3 is 0 Å². The molecule has 0 spiro atoms. The van der Waals surface area contributed by atoms with Gasteiger partial charge in [-0.3, -0.25) is 19.4 Å². The topological polar surface area (TPSA) is 131 Å². The van der Waals surface area contributed by atoms with Crippen LogP contribution in [0.15, 0.2) is 42.6 Å². The van der Waals surface area contributed by atoms with Gasteiger partial charge in [0.15, 0.2) is 0 Å². The van der Waals surface area contributed by atoms with E-state index in [1.807, 2.05) is 24.3 Å². The summed E-state index contributed by atoms with van der Waals surface area (Å²) in [5.41, 5.74) is 12.9. The van der Waals surface area contributed by atoms with Gasteiger partial charge in [-0.2, -0.15) is 0 Å². The van der Waals surface area contributed by atoms with E-state index >= 15 is 0 Å². The van der Waals surface area contributed by atoms with Crippen molar-refractivity contribution in [1.29, 1.82) is 0 Å². The zero-order chi connectivity index (χ0) is 24.2. The Morgan fingerprint density at radius 3 is 2.67 bits per heavy atom. The lowest BCUT2D eigenvalue weighted by molar-refractivity contribution is -0.134. The first-order chi connectivity index (χ1) is 15.7. The highest BCUT2D eigenvalue weighted by Gasteiger charge is 2.44. The number of primary amides is 1. The van der Waals surface area contributed by atoms with Crippen molar-refractivity contribution in [1.82, 2.24) is 15.2 Å². The van der Waals surface area contributed by atoms with Crippen LogP contribution in [0.4, 0.5) is 0 Å². The lowest BCUT2D eigenvalue weighted by Gasteiger charge is -2.47. The molecule has 0 aliphatic heterocycles. The van der Waals surface area contributed by atoms with Crippen LogP contribution in [0, 0.1) is 0 Å². The van der Waals surface area contributed by atoms with Gasteiger partial charge in [-0.15, -0.1) is 0 Å². The molecule has 0 saturated heterocycles. The minimum Gasteiger partial charge on any atom is -0.366 e. The van der Waals surface area contributed by atoms with Crippen molar-refractivity contribution in [3.63, 3.8) is 0 Å². The van der Waals surface area contributed by atoms with Crippen molar-refractivity contribution in [3.05, 3.63) is 64.4 Å². The molecule has 8 nitrogen and oxygen atoms in total. The third kappa shape index (κ3) is 5.51. The van der Waals surface area contributed by atoms with Crippen molar-refractivity contribution in [2.75, 3.05) is 13.6 Å². The van der Waals surface area contributed by atoms with Crippen LogP contribution in [-0.2, 0) is 21.4 Å². The Morgan fingerprint density at radius 1 is 1.27 bits per heavy atom. The van der Waals surface area contributed by atoms with Gasteiger partial charge in [0.25, 0.3) is 5.91 Å². The van der Waals surface area contributed by atoms with Crippen LogP contribution < -0.4 is 16.8 Å². The van der Waals surface area contributed by atoms with E-state index in [1.165, 1.54) is 13.1 Å². The van der Waals surface area contributed by atoms with E-state index in [-0.39, 0.29) is 41.3 Å². The van der Waals surface area contributed by atoms with Crippen LogP contribution in [0.3, 0.4) is 0 Å². The second kappa shape index (κ2) is 10.3. The number of nitrogens with two attached hydrogens (primary N) is 2. The number of benzene rings is 1. The Bertz CT molecular complexity index is 1050. The van der Waals surface area contributed by atoms with E-state index < -0.39 is 5.91 Å². The number of halogens is 1. The molecule has 2 aromatic rings. The number of carbonyl (C=O) groups is 3. The molecular weight excluding hydrogens is 442 g/mol. The maximum atomic E-state index is 13.1. The third-order valence-electron chi connectivity index (χ3n) is 6.58. The minimum absolute atomic E-state index is 0.0603. The van der Waals surface area contributed by atoms with E-state index in [0.717, 1.165) is 12.0 Å². The molecule has 176 valence electrons. The number of hydrogen-bond donors (Lipinski definition) is 3. The first-order valence-corrected chi connectivity index (χ1v) is 11.3. The van der Waals surface area contributed by atoms with Gasteiger partial charge in [0.05, 0.1) is 29.8 Å². The molecule has 3 amide bonds. The van der Waals surface area contributed by atoms with Gasteiger partial charge < -0.3 is 21.7 Å². The zero-order valence-electron chi connectivity index (χ0n) is 18.9. The highest BCUT2D eigenvalue weighted by atomic mass is 35.5. The first-order valence-electron chi connectivity index (χ1n) is 10.9. The van der Waals surface area contributed by atoms with E-state index in [1.54, 1.807) is 24.1 Å². The second-order valence-corrected chi connectivity index (χ2v) is 9.09. The van der Waals surface area contributed by atoms with Crippen molar-refractivity contribution in [2.24, 2.45) is 11.5 Å². The van der Waals surface area contributed by atoms with Gasteiger partial charge in [0.2, 0.25) is 11.8 Å². The monoisotopic (exact) mass is 471 g/mol. The summed E-state index contributed by atoms with van der Waals surface area (Å²) in [6, 6.07) is 10.3. The van der Waals surface area contributed by atoms with E-state index in [2.05, 4.69) is 10.3 Å². The predicted octanol–water partition coefficient (Wildman–Crippen LogP) is 1.79. The SMILES string of the molecule is CC(=O)NC1CC(CN)(c2cccc(Cl)c2)CCC1N(C)C(=O)Cc1ncccc1C(N)=O. The molecule has 1 fully saturated rings. The average molecular weight is 472 g/mol. The van der Waals surface area contributed by atoms with Crippen molar-refractivity contribution < 1.29 is 14.4 Å². The Kier molecular flexibility index (Phi) is 7.71. The number of nitrogens with one attached hydrogen (secondary N) is 1. The van der Waals surface area contributed by atoms with Gasteiger partial charge in [-0.25, -0.2) is 0 Å². The fourth-order valence-electron chi connectivity index (χ4n) is 4.80. The van der Waals surface area contributed by atoms with Crippen molar-refractivity contribution >= 4 is 29.3 Å². The van der Waals surface area contributed by atoms with Crippen LogP contribution in [-0.4, -0.2) is 53.3 Å². The van der Waals surface area contributed by atoms with Gasteiger partial charge in [-0.1, -0.05) is 23.7 Å². The van der Waals surface area contributed by atoms with Crippen LogP contribution >= 0.6 is 11.6 Å². The molecule has 33 heavy (non-hydrogen) atoms. The quantitative estimate of drug-likeness (QED) is 0.566. The molecule has 9 heteroatoms. The lowest BCUT2D eigenvalue weighted by Crippen LogP contribution is -2.59. The summed E-state index contributed by atoms with van der Waals surface area (Å²) >= 11 is 6.23. The molecule has 1 aromatic heterocycles. The summed E-state index contributed by atoms with van der Waals surface area (Å²) in [5.74, 6) is -1.01. The molecule has 3 rings (SSSR count). The van der Waals surface area contributed by atoms with Crippen LogP contribution in [0.1, 0.15) is 47.8 Å². The standard InChI is InChI=1S/C24H30ClN5O3/c1-15(31)29-20-13-24(14-26,16-5-3-6-17(25)11-16)9-8-21(20)30(2)22(32)12-19-18(23(27)33)7-4-10-28-19/h3-7,10-11,20-21H,8-9,12-14,26H2,1-2H3,(H2,27,33)(H,29,31). The summed E-state index contributed by atoms with van der Waals surface area (Å²) in [7, 11) is 1.71. The Morgan fingerprint density at radius 2 is 2.03 bits per heavy atom. The molecule has 1 aliphatic carbocycles. The third-order valence-corrected chi connectivity index (χ3v) is 6.81. The molecular formula is C24H30ClN5O3. The molecule has 3 unspecified atom stereocenters. The molecule has 0 bridgehead atoms. The Labute approximate surface area is 198 Å². The number of amides is 3. The summed E-state index contributed by atoms with van der Waals surface area (Å²) in [6.45, 7) is 1.85. The number of rotatable bonds is 7. The van der Waals surface area contributed by atoms with Gasteiger partial charge in [-0.05, 0) is 49.1 Å². The molecule has 1 aliphatic rings.